The Morgan fingerprint density at radius 2 is 1.62 bits per heavy atom. The number of epoxide rings is 1. The second-order valence-electron chi connectivity index (χ2n) is 7.05. The minimum absolute atomic E-state index is 0.275. The van der Waals surface area contributed by atoms with Crippen LogP contribution in [-0.2, 0) is 28.5 Å². The Balaban J connectivity index is 1.59. The van der Waals surface area contributed by atoms with Crippen molar-refractivity contribution in [1.82, 2.24) is 0 Å². The normalized spacial score (nSPS) is 18.3. The maximum absolute atomic E-state index is 12.1. The van der Waals surface area contributed by atoms with Gasteiger partial charge in [0.15, 0.2) is 6.10 Å². The molecule has 0 aromatic heterocycles. The van der Waals surface area contributed by atoms with Crippen LogP contribution in [0.5, 0.6) is 5.75 Å². The van der Waals surface area contributed by atoms with Crippen molar-refractivity contribution in [2.45, 2.75) is 38.6 Å². The second-order valence-corrected chi connectivity index (χ2v) is 7.05. The predicted octanol–water partition coefficient (Wildman–Crippen LogP) is 3.08. The predicted molar refractivity (Wildman–Crippen MR) is 108 cm³/mol. The van der Waals surface area contributed by atoms with Gasteiger partial charge in [-0.1, -0.05) is 18.7 Å². The van der Waals surface area contributed by atoms with E-state index in [0.717, 1.165) is 11.3 Å². The summed E-state index contributed by atoms with van der Waals surface area (Å²) in [5.41, 5.74) is 0.208. The summed E-state index contributed by atoms with van der Waals surface area (Å²) < 4.78 is 32.5. The van der Waals surface area contributed by atoms with E-state index in [2.05, 4.69) is 6.58 Å². The van der Waals surface area contributed by atoms with Crippen LogP contribution in [0.3, 0.4) is 0 Å². The third kappa shape index (κ3) is 8.53. The summed E-state index contributed by atoms with van der Waals surface area (Å²) in [5.74, 6) is 0.358. The first kappa shape index (κ1) is 23.3. The Kier molecular flexibility index (Phi) is 9.60. The lowest BCUT2D eigenvalue weighted by Crippen LogP contribution is -2.28. The zero-order valence-electron chi connectivity index (χ0n) is 17.6. The van der Waals surface area contributed by atoms with Crippen LogP contribution in [0.25, 0.3) is 0 Å². The van der Waals surface area contributed by atoms with Gasteiger partial charge in [-0.05, 0) is 44.5 Å². The van der Waals surface area contributed by atoms with E-state index in [1.807, 2.05) is 31.2 Å². The van der Waals surface area contributed by atoms with Gasteiger partial charge < -0.3 is 28.4 Å². The molecule has 0 amide bonds. The summed E-state index contributed by atoms with van der Waals surface area (Å²) in [6.45, 7) is 13.0. The zero-order chi connectivity index (χ0) is 21.1. The molecule has 1 aromatic carbocycles. The summed E-state index contributed by atoms with van der Waals surface area (Å²) in [5, 5.41) is 0. The molecule has 29 heavy (non-hydrogen) atoms. The van der Waals surface area contributed by atoms with Crippen molar-refractivity contribution in [3.05, 3.63) is 42.5 Å². The molecule has 1 heterocycles. The van der Waals surface area contributed by atoms with Crippen molar-refractivity contribution in [3.63, 3.8) is 0 Å². The zero-order valence-corrected chi connectivity index (χ0v) is 17.6. The molecule has 162 valence electrons. The first-order valence-electron chi connectivity index (χ1n) is 9.94. The molecular weight excluding hydrogens is 376 g/mol. The van der Waals surface area contributed by atoms with Crippen LogP contribution in [0.2, 0.25) is 0 Å². The summed E-state index contributed by atoms with van der Waals surface area (Å²) >= 11 is 0. The van der Waals surface area contributed by atoms with Gasteiger partial charge in [0.25, 0.3) is 0 Å². The summed E-state index contributed by atoms with van der Waals surface area (Å²) in [6, 6.07) is 7.48. The van der Waals surface area contributed by atoms with Gasteiger partial charge >= 0.3 is 5.97 Å². The maximum atomic E-state index is 12.1. The number of esters is 1. The van der Waals surface area contributed by atoms with Crippen molar-refractivity contribution in [1.29, 1.82) is 0 Å². The molecule has 1 aliphatic rings. The highest BCUT2D eigenvalue weighted by molar-refractivity contribution is 5.79. The minimum Gasteiger partial charge on any atom is -0.491 e. The van der Waals surface area contributed by atoms with E-state index < -0.39 is 11.7 Å². The average Bonchev–Trinajstić information content (AvgIpc) is 3.51. The molecule has 0 unspecified atom stereocenters. The van der Waals surface area contributed by atoms with Crippen LogP contribution in [-0.4, -0.2) is 63.9 Å². The van der Waals surface area contributed by atoms with Gasteiger partial charge in [0, 0.05) is 6.61 Å². The minimum atomic E-state index is -0.705. The Morgan fingerprint density at radius 1 is 1.03 bits per heavy atom. The van der Waals surface area contributed by atoms with Gasteiger partial charge in [0.2, 0.25) is 0 Å². The highest BCUT2D eigenvalue weighted by Gasteiger charge is 2.48. The number of hydrogen-bond acceptors (Lipinski definition) is 7. The molecule has 2 rings (SSSR count). The van der Waals surface area contributed by atoms with E-state index in [-0.39, 0.29) is 12.1 Å². The number of ether oxygens (including phenoxy) is 6. The number of carbonyl (C=O) groups is 1. The first-order valence-corrected chi connectivity index (χ1v) is 9.94. The highest BCUT2D eigenvalue weighted by Crippen LogP contribution is 2.40. The molecule has 1 fully saturated rings. The monoisotopic (exact) mass is 408 g/mol. The third-order valence-corrected chi connectivity index (χ3v) is 4.23. The summed E-state index contributed by atoms with van der Waals surface area (Å²) in [4.78, 5) is 12.1. The lowest BCUT2D eigenvalue weighted by atomic mass is 10.1. The van der Waals surface area contributed by atoms with Crippen molar-refractivity contribution >= 4 is 5.97 Å². The second kappa shape index (κ2) is 11.9. The molecule has 0 radical (unpaired) electrons. The Morgan fingerprint density at radius 3 is 2.21 bits per heavy atom. The van der Waals surface area contributed by atoms with Crippen molar-refractivity contribution in [2.24, 2.45) is 0 Å². The topological polar surface area (TPSA) is 75.8 Å². The third-order valence-electron chi connectivity index (χ3n) is 4.23. The summed E-state index contributed by atoms with van der Waals surface area (Å²) in [7, 11) is 0. The molecule has 1 saturated heterocycles. The van der Waals surface area contributed by atoms with Gasteiger partial charge in [0.1, 0.15) is 24.1 Å². The highest BCUT2D eigenvalue weighted by atomic mass is 16.6. The fourth-order valence-corrected chi connectivity index (χ4v) is 2.46. The van der Waals surface area contributed by atoms with Gasteiger partial charge in [-0.25, -0.2) is 4.79 Å². The number of benzene rings is 1. The molecular formula is C22H32O7. The van der Waals surface area contributed by atoms with E-state index >= 15 is 0 Å². The lowest BCUT2D eigenvalue weighted by molar-refractivity contribution is -0.153. The van der Waals surface area contributed by atoms with E-state index in [1.165, 1.54) is 0 Å². The van der Waals surface area contributed by atoms with Crippen LogP contribution in [0.1, 0.15) is 32.4 Å². The number of hydrogen-bond donors (Lipinski definition) is 0. The number of rotatable bonds is 15. The fraction of sp³-hybridized carbons (Fsp3) is 0.591. The van der Waals surface area contributed by atoms with Gasteiger partial charge in [0.05, 0.1) is 33.0 Å². The molecule has 7 heteroatoms. The standard InChI is InChI=1S/C22H32O7/c1-5-22(3,4)29-21(23)20-19(28-20)17-7-9-18(10-8-17)27-16-15-26-14-13-25-12-11-24-6-2/h5,7-10,19-20H,1,6,11-16H2,2-4H3/t19-,20+/m0/s1. The molecule has 0 spiro atoms. The Bertz CT molecular complexity index is 627. The lowest BCUT2D eigenvalue weighted by Gasteiger charge is -2.19. The van der Waals surface area contributed by atoms with Crippen LogP contribution in [0.15, 0.2) is 36.9 Å². The Hall–Kier alpha value is -1.93. The molecule has 1 aromatic rings. The molecule has 0 bridgehead atoms. The molecule has 0 N–H and O–H groups in total. The van der Waals surface area contributed by atoms with E-state index in [0.29, 0.717) is 46.2 Å². The van der Waals surface area contributed by atoms with Gasteiger partial charge in [-0.2, -0.15) is 0 Å². The Labute approximate surface area is 172 Å². The van der Waals surface area contributed by atoms with Crippen LogP contribution in [0.4, 0.5) is 0 Å². The molecule has 0 aliphatic carbocycles. The average molecular weight is 408 g/mol. The number of carbonyl (C=O) groups excluding carboxylic acids is 1. The molecule has 0 saturated carbocycles. The van der Waals surface area contributed by atoms with Crippen LogP contribution >= 0.6 is 0 Å². The summed E-state index contributed by atoms with van der Waals surface area (Å²) in [6.07, 6.45) is 0.752. The first-order chi connectivity index (χ1) is 14.0. The SMILES string of the molecule is C=CC(C)(C)OC(=O)[C@@H]1O[C@H]1c1ccc(OCCOCCOCCOCC)cc1. The van der Waals surface area contributed by atoms with Crippen LogP contribution in [0, 0.1) is 0 Å². The van der Waals surface area contributed by atoms with Crippen molar-refractivity contribution in [3.8, 4) is 5.75 Å². The maximum Gasteiger partial charge on any atom is 0.339 e. The fourth-order valence-electron chi connectivity index (χ4n) is 2.46. The largest absolute Gasteiger partial charge is 0.491 e. The quantitative estimate of drug-likeness (QED) is 0.191. The van der Waals surface area contributed by atoms with Gasteiger partial charge in [-0.3, -0.25) is 0 Å². The molecule has 7 nitrogen and oxygen atoms in total. The van der Waals surface area contributed by atoms with E-state index in [9.17, 15) is 4.79 Å². The van der Waals surface area contributed by atoms with E-state index in [4.69, 9.17) is 28.4 Å². The van der Waals surface area contributed by atoms with Crippen LogP contribution < -0.4 is 4.74 Å². The van der Waals surface area contributed by atoms with Crippen molar-refractivity contribution in [2.75, 3.05) is 46.2 Å². The molecule has 1 aliphatic heterocycles. The molecule has 2 atom stereocenters. The smallest absolute Gasteiger partial charge is 0.339 e. The van der Waals surface area contributed by atoms with Gasteiger partial charge in [-0.15, -0.1) is 0 Å². The van der Waals surface area contributed by atoms with E-state index in [1.54, 1.807) is 19.9 Å². The van der Waals surface area contributed by atoms with Crippen molar-refractivity contribution < 1.29 is 33.2 Å².